The van der Waals surface area contributed by atoms with Gasteiger partial charge in [0.15, 0.2) is 5.76 Å². The summed E-state index contributed by atoms with van der Waals surface area (Å²) in [5, 5.41) is 6.25. The average Bonchev–Trinajstić information content (AvgIpc) is 2.99. The minimum atomic E-state index is -0.316. The first kappa shape index (κ1) is 16.5. The summed E-state index contributed by atoms with van der Waals surface area (Å²) in [5.74, 6) is 0.531. The zero-order valence-corrected chi connectivity index (χ0v) is 15.1. The van der Waals surface area contributed by atoms with Crippen molar-refractivity contribution in [1.29, 1.82) is 0 Å². The Labute approximate surface area is 155 Å². The van der Waals surface area contributed by atoms with Crippen LogP contribution < -0.4 is 10.1 Å². The van der Waals surface area contributed by atoms with Crippen LogP contribution >= 0.6 is 11.6 Å². The van der Waals surface area contributed by atoms with Crippen LogP contribution in [0.2, 0.25) is 5.02 Å². The maximum atomic E-state index is 12.7. The summed E-state index contributed by atoms with van der Waals surface area (Å²) in [6.45, 7) is 1.89. The standard InChI is InChI=1S/C21H16ClNO3/c1-12-15-9-7-13-5-3-4-6-16(13)20(15)26-19(12)21(24)23-14-8-10-18(25-2)17(22)11-14/h3-11H,1-2H3,(H,23,24). The van der Waals surface area contributed by atoms with Gasteiger partial charge in [-0.15, -0.1) is 0 Å². The molecule has 0 spiro atoms. The normalized spacial score (nSPS) is 11.0. The Morgan fingerprint density at radius 2 is 1.88 bits per heavy atom. The third kappa shape index (κ3) is 2.68. The predicted molar refractivity (Wildman–Crippen MR) is 104 cm³/mol. The largest absolute Gasteiger partial charge is 0.495 e. The monoisotopic (exact) mass is 365 g/mol. The molecule has 0 saturated heterocycles. The summed E-state index contributed by atoms with van der Waals surface area (Å²) < 4.78 is 11.1. The van der Waals surface area contributed by atoms with Crippen molar-refractivity contribution >= 4 is 44.9 Å². The van der Waals surface area contributed by atoms with Gasteiger partial charge in [-0.1, -0.05) is 48.0 Å². The van der Waals surface area contributed by atoms with Crippen LogP contribution in [-0.2, 0) is 0 Å². The minimum Gasteiger partial charge on any atom is -0.495 e. The molecule has 0 bridgehead atoms. The second-order valence-electron chi connectivity index (χ2n) is 6.02. The van der Waals surface area contributed by atoms with Gasteiger partial charge >= 0.3 is 0 Å². The third-order valence-corrected chi connectivity index (χ3v) is 4.74. The number of amides is 1. The molecule has 1 N–H and O–H groups in total. The highest BCUT2D eigenvalue weighted by Crippen LogP contribution is 2.32. The fraction of sp³-hybridized carbons (Fsp3) is 0.0952. The van der Waals surface area contributed by atoms with Crippen LogP contribution in [0.25, 0.3) is 21.7 Å². The number of hydrogen-bond donors (Lipinski definition) is 1. The van der Waals surface area contributed by atoms with Gasteiger partial charge in [-0.25, -0.2) is 0 Å². The van der Waals surface area contributed by atoms with Crippen molar-refractivity contribution in [3.63, 3.8) is 0 Å². The molecule has 0 unspecified atom stereocenters. The van der Waals surface area contributed by atoms with E-state index in [0.717, 1.165) is 27.3 Å². The van der Waals surface area contributed by atoms with E-state index in [0.29, 0.717) is 22.2 Å². The number of fused-ring (bicyclic) bond motifs is 3. The fourth-order valence-corrected chi connectivity index (χ4v) is 3.36. The van der Waals surface area contributed by atoms with Crippen LogP contribution in [0.1, 0.15) is 16.1 Å². The second-order valence-corrected chi connectivity index (χ2v) is 6.43. The number of rotatable bonds is 3. The van der Waals surface area contributed by atoms with Crippen LogP contribution in [0.15, 0.2) is 59.0 Å². The summed E-state index contributed by atoms with van der Waals surface area (Å²) in [7, 11) is 1.54. The molecular weight excluding hydrogens is 350 g/mol. The molecule has 4 rings (SSSR count). The number of benzene rings is 3. The Kier molecular flexibility index (Phi) is 4.05. The molecule has 1 amide bonds. The number of carbonyl (C=O) groups is 1. The van der Waals surface area contributed by atoms with Crippen LogP contribution in [-0.4, -0.2) is 13.0 Å². The molecule has 1 heterocycles. The van der Waals surface area contributed by atoms with E-state index < -0.39 is 0 Å². The van der Waals surface area contributed by atoms with Gasteiger partial charge < -0.3 is 14.5 Å². The number of aryl methyl sites for hydroxylation is 1. The zero-order valence-electron chi connectivity index (χ0n) is 14.3. The smallest absolute Gasteiger partial charge is 0.291 e. The van der Waals surface area contributed by atoms with Crippen molar-refractivity contribution in [3.05, 3.63) is 70.9 Å². The van der Waals surface area contributed by atoms with Gasteiger partial charge in [-0.05, 0) is 30.5 Å². The molecule has 3 aromatic carbocycles. The van der Waals surface area contributed by atoms with E-state index in [1.807, 2.05) is 43.3 Å². The van der Waals surface area contributed by atoms with Crippen molar-refractivity contribution in [1.82, 2.24) is 0 Å². The highest BCUT2D eigenvalue weighted by Gasteiger charge is 2.19. The lowest BCUT2D eigenvalue weighted by Gasteiger charge is -2.07. The average molecular weight is 366 g/mol. The Morgan fingerprint density at radius 1 is 1.08 bits per heavy atom. The first-order valence-corrected chi connectivity index (χ1v) is 8.52. The Bertz CT molecular complexity index is 1150. The van der Waals surface area contributed by atoms with Gasteiger partial charge in [0.25, 0.3) is 5.91 Å². The van der Waals surface area contributed by atoms with Gasteiger partial charge in [-0.3, -0.25) is 4.79 Å². The number of carbonyl (C=O) groups excluding carboxylic acids is 1. The molecule has 5 heteroatoms. The SMILES string of the molecule is COc1ccc(NC(=O)c2oc3c(ccc4ccccc43)c2C)cc1Cl. The highest BCUT2D eigenvalue weighted by molar-refractivity contribution is 6.32. The summed E-state index contributed by atoms with van der Waals surface area (Å²) in [6, 6.07) is 17.0. The van der Waals surface area contributed by atoms with Gasteiger partial charge in [0.05, 0.1) is 12.1 Å². The van der Waals surface area contributed by atoms with Crippen molar-refractivity contribution < 1.29 is 13.9 Å². The van der Waals surface area contributed by atoms with E-state index >= 15 is 0 Å². The van der Waals surface area contributed by atoms with Crippen LogP contribution in [0.4, 0.5) is 5.69 Å². The van der Waals surface area contributed by atoms with E-state index in [-0.39, 0.29) is 5.91 Å². The number of nitrogens with one attached hydrogen (secondary N) is 1. The van der Waals surface area contributed by atoms with Gasteiger partial charge in [0, 0.05) is 22.0 Å². The molecule has 0 aliphatic rings. The number of halogens is 1. The number of methoxy groups -OCH3 is 1. The number of anilines is 1. The first-order valence-electron chi connectivity index (χ1n) is 8.14. The molecule has 26 heavy (non-hydrogen) atoms. The van der Waals surface area contributed by atoms with Gasteiger partial charge in [0.1, 0.15) is 11.3 Å². The molecule has 0 aliphatic carbocycles. The minimum absolute atomic E-state index is 0.295. The molecule has 0 aliphatic heterocycles. The lowest BCUT2D eigenvalue weighted by molar-refractivity contribution is 0.0998. The lowest BCUT2D eigenvalue weighted by Crippen LogP contribution is -2.12. The topological polar surface area (TPSA) is 51.5 Å². The number of furan rings is 1. The summed E-state index contributed by atoms with van der Waals surface area (Å²) in [6.07, 6.45) is 0. The molecular formula is C21H16ClNO3. The Morgan fingerprint density at radius 3 is 2.65 bits per heavy atom. The van der Waals surface area contributed by atoms with E-state index in [1.165, 1.54) is 0 Å². The van der Waals surface area contributed by atoms with E-state index in [1.54, 1.807) is 25.3 Å². The quantitative estimate of drug-likeness (QED) is 0.498. The number of hydrogen-bond acceptors (Lipinski definition) is 3. The van der Waals surface area contributed by atoms with E-state index in [4.69, 9.17) is 20.8 Å². The highest BCUT2D eigenvalue weighted by atomic mass is 35.5. The maximum absolute atomic E-state index is 12.7. The van der Waals surface area contributed by atoms with Crippen molar-refractivity contribution in [2.24, 2.45) is 0 Å². The number of ether oxygens (including phenoxy) is 1. The van der Waals surface area contributed by atoms with Crippen LogP contribution in [0.5, 0.6) is 5.75 Å². The third-order valence-electron chi connectivity index (χ3n) is 4.44. The van der Waals surface area contributed by atoms with Crippen molar-refractivity contribution in [2.45, 2.75) is 6.92 Å². The van der Waals surface area contributed by atoms with Crippen LogP contribution in [0.3, 0.4) is 0 Å². The molecule has 0 fully saturated rings. The lowest BCUT2D eigenvalue weighted by atomic mass is 10.1. The predicted octanol–water partition coefficient (Wildman–Crippen LogP) is 5.81. The summed E-state index contributed by atoms with van der Waals surface area (Å²) in [4.78, 5) is 12.7. The van der Waals surface area contributed by atoms with E-state index in [2.05, 4.69) is 5.32 Å². The molecule has 4 nitrogen and oxygen atoms in total. The molecule has 130 valence electrons. The zero-order chi connectivity index (χ0) is 18.3. The second kappa shape index (κ2) is 6.39. The Balaban J connectivity index is 1.74. The van der Waals surface area contributed by atoms with Crippen molar-refractivity contribution in [2.75, 3.05) is 12.4 Å². The summed E-state index contributed by atoms with van der Waals surface area (Å²) >= 11 is 6.12. The molecule has 4 aromatic rings. The van der Waals surface area contributed by atoms with Crippen molar-refractivity contribution in [3.8, 4) is 5.75 Å². The van der Waals surface area contributed by atoms with Gasteiger partial charge in [-0.2, -0.15) is 0 Å². The fourth-order valence-electron chi connectivity index (χ4n) is 3.10. The maximum Gasteiger partial charge on any atom is 0.291 e. The van der Waals surface area contributed by atoms with E-state index in [9.17, 15) is 4.79 Å². The molecule has 0 saturated carbocycles. The summed E-state index contributed by atoms with van der Waals surface area (Å²) in [5.41, 5.74) is 2.10. The Hall–Kier alpha value is -2.98. The van der Waals surface area contributed by atoms with Crippen LogP contribution in [0, 0.1) is 6.92 Å². The molecule has 0 atom stereocenters. The molecule has 0 radical (unpaired) electrons. The molecule has 1 aromatic heterocycles. The first-order chi connectivity index (χ1) is 12.6. The van der Waals surface area contributed by atoms with Gasteiger partial charge in [0.2, 0.25) is 0 Å².